The number of rotatable bonds is 4. The number of aliphatic carboxylic acids is 1. The van der Waals surface area contributed by atoms with Gasteiger partial charge in [-0.25, -0.2) is 0 Å². The molecule has 2 N–H and O–H groups in total. The molecule has 1 fully saturated rings. The van der Waals surface area contributed by atoms with Crippen LogP contribution in [0, 0.1) is 0 Å². The lowest BCUT2D eigenvalue weighted by atomic mass is 9.68. The Morgan fingerprint density at radius 2 is 2.11 bits per heavy atom. The molecule has 98 valence electrons. The van der Waals surface area contributed by atoms with Crippen molar-refractivity contribution < 1.29 is 9.90 Å². The SMILES string of the molecule is CNC1(CC(=O)O)CCCCC1c1ccccc1. The van der Waals surface area contributed by atoms with Gasteiger partial charge in [0, 0.05) is 11.5 Å². The summed E-state index contributed by atoms with van der Waals surface area (Å²) < 4.78 is 0. The summed E-state index contributed by atoms with van der Waals surface area (Å²) in [5.74, 6) is -0.416. The first kappa shape index (κ1) is 13.1. The summed E-state index contributed by atoms with van der Waals surface area (Å²) in [7, 11) is 1.89. The molecule has 3 nitrogen and oxygen atoms in total. The molecule has 0 spiro atoms. The fraction of sp³-hybridized carbons (Fsp3) is 0.533. The molecule has 1 aliphatic carbocycles. The third kappa shape index (κ3) is 2.56. The van der Waals surface area contributed by atoms with Gasteiger partial charge in [0.1, 0.15) is 0 Å². The minimum atomic E-state index is -0.716. The van der Waals surface area contributed by atoms with E-state index in [-0.39, 0.29) is 12.0 Å². The van der Waals surface area contributed by atoms with E-state index >= 15 is 0 Å². The van der Waals surface area contributed by atoms with Crippen LogP contribution < -0.4 is 5.32 Å². The topological polar surface area (TPSA) is 49.3 Å². The number of carbonyl (C=O) groups is 1. The Hall–Kier alpha value is -1.35. The average molecular weight is 247 g/mol. The summed E-state index contributed by atoms with van der Waals surface area (Å²) in [5, 5.41) is 12.5. The van der Waals surface area contributed by atoms with Crippen molar-refractivity contribution in [1.29, 1.82) is 0 Å². The van der Waals surface area contributed by atoms with Gasteiger partial charge in [0.15, 0.2) is 0 Å². The normalized spacial score (nSPS) is 27.9. The third-order valence-electron chi connectivity index (χ3n) is 4.20. The number of likely N-dealkylation sites (N-methyl/N-ethyl adjacent to an activating group) is 1. The minimum Gasteiger partial charge on any atom is -0.481 e. The monoisotopic (exact) mass is 247 g/mol. The van der Waals surface area contributed by atoms with Crippen LogP contribution in [0.2, 0.25) is 0 Å². The molecule has 0 bridgehead atoms. The molecule has 2 rings (SSSR count). The maximum absolute atomic E-state index is 11.2. The molecule has 0 saturated heterocycles. The van der Waals surface area contributed by atoms with Crippen LogP contribution in [-0.2, 0) is 4.79 Å². The Balaban J connectivity index is 2.32. The first-order chi connectivity index (χ1) is 8.68. The molecule has 2 unspecified atom stereocenters. The lowest BCUT2D eigenvalue weighted by Gasteiger charge is -2.43. The Labute approximate surface area is 108 Å². The van der Waals surface area contributed by atoms with Crippen molar-refractivity contribution in [2.24, 2.45) is 0 Å². The van der Waals surface area contributed by atoms with Gasteiger partial charge in [-0.2, -0.15) is 0 Å². The van der Waals surface area contributed by atoms with Gasteiger partial charge in [-0.3, -0.25) is 4.79 Å². The van der Waals surface area contributed by atoms with Crippen molar-refractivity contribution in [2.45, 2.75) is 43.6 Å². The van der Waals surface area contributed by atoms with Crippen molar-refractivity contribution >= 4 is 5.97 Å². The van der Waals surface area contributed by atoms with Crippen molar-refractivity contribution in [3.8, 4) is 0 Å². The number of hydrogen-bond acceptors (Lipinski definition) is 2. The molecule has 0 radical (unpaired) electrons. The number of benzene rings is 1. The maximum Gasteiger partial charge on any atom is 0.305 e. The molecule has 0 heterocycles. The Morgan fingerprint density at radius 1 is 1.39 bits per heavy atom. The number of carboxylic acids is 1. The zero-order valence-corrected chi connectivity index (χ0v) is 10.9. The van der Waals surface area contributed by atoms with Crippen LogP contribution in [0.1, 0.15) is 43.6 Å². The molecule has 3 heteroatoms. The highest BCUT2D eigenvalue weighted by atomic mass is 16.4. The molecule has 0 amide bonds. The average Bonchev–Trinajstić information content (AvgIpc) is 2.39. The lowest BCUT2D eigenvalue weighted by Crippen LogP contribution is -2.51. The second kappa shape index (κ2) is 5.53. The van der Waals surface area contributed by atoms with E-state index in [4.69, 9.17) is 0 Å². The van der Waals surface area contributed by atoms with Crippen LogP contribution in [0.3, 0.4) is 0 Å². The highest BCUT2D eigenvalue weighted by Gasteiger charge is 2.41. The van der Waals surface area contributed by atoms with Crippen molar-refractivity contribution in [3.63, 3.8) is 0 Å². The van der Waals surface area contributed by atoms with Gasteiger partial charge in [-0.15, -0.1) is 0 Å². The van der Waals surface area contributed by atoms with E-state index in [2.05, 4.69) is 17.4 Å². The lowest BCUT2D eigenvalue weighted by molar-refractivity contribution is -0.139. The summed E-state index contributed by atoms with van der Waals surface area (Å²) in [6, 6.07) is 10.3. The van der Waals surface area contributed by atoms with Crippen molar-refractivity contribution in [1.82, 2.24) is 5.32 Å². The highest BCUT2D eigenvalue weighted by molar-refractivity contribution is 5.68. The maximum atomic E-state index is 11.2. The van der Waals surface area contributed by atoms with Gasteiger partial charge in [0.2, 0.25) is 0 Å². The van der Waals surface area contributed by atoms with Crippen LogP contribution >= 0.6 is 0 Å². The van der Waals surface area contributed by atoms with E-state index in [0.717, 1.165) is 19.3 Å². The smallest absolute Gasteiger partial charge is 0.305 e. The zero-order chi connectivity index (χ0) is 13.0. The summed E-state index contributed by atoms with van der Waals surface area (Å²) in [6.07, 6.45) is 4.50. The summed E-state index contributed by atoms with van der Waals surface area (Å²) in [6.45, 7) is 0. The summed E-state index contributed by atoms with van der Waals surface area (Å²) in [4.78, 5) is 11.2. The first-order valence-corrected chi connectivity index (χ1v) is 6.63. The predicted molar refractivity (Wildman–Crippen MR) is 71.7 cm³/mol. The number of hydrogen-bond donors (Lipinski definition) is 2. The van der Waals surface area contributed by atoms with Crippen LogP contribution in [0.5, 0.6) is 0 Å². The Bertz CT molecular complexity index is 404. The molecule has 0 aromatic heterocycles. The molecule has 1 aromatic rings. The van der Waals surface area contributed by atoms with Gasteiger partial charge in [0.25, 0.3) is 0 Å². The van der Waals surface area contributed by atoms with E-state index in [1.807, 2.05) is 25.2 Å². The molecule has 0 aliphatic heterocycles. The predicted octanol–water partition coefficient (Wildman–Crippen LogP) is 2.78. The molecular formula is C15H21NO2. The zero-order valence-electron chi connectivity index (χ0n) is 10.9. The second-order valence-electron chi connectivity index (χ2n) is 5.19. The van der Waals surface area contributed by atoms with Crippen LogP contribution in [0.25, 0.3) is 0 Å². The summed E-state index contributed by atoms with van der Waals surface area (Å²) >= 11 is 0. The van der Waals surface area contributed by atoms with Gasteiger partial charge >= 0.3 is 5.97 Å². The van der Waals surface area contributed by atoms with Gasteiger partial charge in [-0.1, -0.05) is 43.2 Å². The molecule has 1 aromatic carbocycles. The molecular weight excluding hydrogens is 226 g/mol. The molecule has 1 aliphatic rings. The quantitative estimate of drug-likeness (QED) is 0.860. The third-order valence-corrected chi connectivity index (χ3v) is 4.20. The number of carboxylic acid groups (broad SMARTS) is 1. The molecule has 2 atom stereocenters. The Morgan fingerprint density at radius 3 is 2.72 bits per heavy atom. The van der Waals surface area contributed by atoms with Crippen molar-refractivity contribution in [3.05, 3.63) is 35.9 Å². The van der Waals surface area contributed by atoms with Gasteiger partial charge < -0.3 is 10.4 Å². The number of nitrogens with one attached hydrogen (secondary N) is 1. The Kier molecular flexibility index (Phi) is 4.02. The van der Waals surface area contributed by atoms with Gasteiger partial charge in [-0.05, 0) is 25.5 Å². The van der Waals surface area contributed by atoms with Gasteiger partial charge in [0.05, 0.1) is 6.42 Å². The summed E-state index contributed by atoms with van der Waals surface area (Å²) in [5.41, 5.74) is 0.971. The van der Waals surface area contributed by atoms with Crippen LogP contribution in [0.4, 0.5) is 0 Å². The van der Waals surface area contributed by atoms with Crippen LogP contribution in [0.15, 0.2) is 30.3 Å². The first-order valence-electron chi connectivity index (χ1n) is 6.63. The molecule has 1 saturated carbocycles. The van der Waals surface area contributed by atoms with E-state index in [1.54, 1.807) is 0 Å². The fourth-order valence-corrected chi connectivity index (χ4v) is 3.28. The second-order valence-corrected chi connectivity index (χ2v) is 5.19. The standard InChI is InChI=1S/C15H21NO2/c1-16-15(11-14(17)18)10-6-5-9-13(15)12-7-3-2-4-8-12/h2-4,7-8,13,16H,5-6,9-11H2,1H3,(H,17,18). The largest absolute Gasteiger partial charge is 0.481 e. The highest BCUT2D eigenvalue weighted by Crippen LogP contribution is 2.42. The van der Waals surface area contributed by atoms with E-state index in [9.17, 15) is 9.90 Å². The van der Waals surface area contributed by atoms with E-state index in [1.165, 1.54) is 12.0 Å². The van der Waals surface area contributed by atoms with E-state index < -0.39 is 5.97 Å². The van der Waals surface area contributed by atoms with Crippen molar-refractivity contribution in [2.75, 3.05) is 7.05 Å². The fourth-order valence-electron chi connectivity index (χ4n) is 3.28. The molecule has 18 heavy (non-hydrogen) atoms. The van der Waals surface area contributed by atoms with Crippen LogP contribution in [-0.4, -0.2) is 23.7 Å². The minimum absolute atomic E-state index is 0.197. The van der Waals surface area contributed by atoms with E-state index in [0.29, 0.717) is 5.92 Å².